The zero-order valence-electron chi connectivity index (χ0n) is 26.8. The Hall–Kier alpha value is -3.74. The number of anilines is 1. The third kappa shape index (κ3) is 5.53. The first kappa shape index (κ1) is 30.6. The first-order valence-electron chi connectivity index (χ1n) is 16.5. The van der Waals surface area contributed by atoms with Crippen molar-refractivity contribution in [2.75, 3.05) is 24.3 Å². The summed E-state index contributed by atoms with van der Waals surface area (Å²) in [7, 11) is -3.65. The molecule has 3 aliphatic rings. The van der Waals surface area contributed by atoms with Crippen molar-refractivity contribution in [1.29, 1.82) is 0 Å². The highest BCUT2D eigenvalue weighted by Gasteiger charge is 2.43. The predicted octanol–water partition coefficient (Wildman–Crippen LogP) is 7.10. The van der Waals surface area contributed by atoms with Crippen molar-refractivity contribution < 1.29 is 17.6 Å². The maximum atomic E-state index is 14.1. The fourth-order valence-electron chi connectivity index (χ4n) is 7.45. The minimum absolute atomic E-state index is 0.0418. The second-order valence-corrected chi connectivity index (χ2v) is 16.4. The molecule has 0 radical (unpaired) electrons. The van der Waals surface area contributed by atoms with Gasteiger partial charge in [0.1, 0.15) is 5.82 Å². The number of ether oxygens (including phenoxy) is 1. The average Bonchev–Trinajstić information content (AvgIpc) is 3.85. The first-order valence-corrected chi connectivity index (χ1v) is 19.0. The molecular formula is C35H38N6O4S2. The highest BCUT2D eigenvalue weighted by molar-refractivity contribution is 7.92. The fraction of sp³-hybridized carbons (Fsp3) is 0.457. The van der Waals surface area contributed by atoms with Gasteiger partial charge in [-0.2, -0.15) is 0 Å². The first-order chi connectivity index (χ1) is 22.8. The average molecular weight is 671 g/mol. The molecule has 12 heteroatoms. The van der Waals surface area contributed by atoms with Gasteiger partial charge in [-0.05, 0) is 79.5 Å². The predicted molar refractivity (Wildman–Crippen MR) is 181 cm³/mol. The molecule has 1 fully saturated rings. The number of nitrogens with zero attached hydrogens (tertiary/aromatic N) is 5. The molecule has 0 amide bonds. The van der Waals surface area contributed by atoms with Crippen molar-refractivity contribution in [3.63, 3.8) is 0 Å². The maximum Gasteiger partial charge on any atom is 0.250 e. The Labute approximate surface area is 278 Å². The summed E-state index contributed by atoms with van der Waals surface area (Å²) < 4.78 is 41.0. The quantitative estimate of drug-likeness (QED) is 0.182. The maximum absolute atomic E-state index is 14.1. The van der Waals surface area contributed by atoms with Gasteiger partial charge in [0.15, 0.2) is 9.84 Å². The van der Waals surface area contributed by atoms with E-state index in [0.717, 1.165) is 77.5 Å². The van der Waals surface area contributed by atoms with Crippen molar-refractivity contribution in [1.82, 2.24) is 25.1 Å². The van der Waals surface area contributed by atoms with Crippen molar-refractivity contribution in [3.8, 4) is 21.9 Å². The summed E-state index contributed by atoms with van der Waals surface area (Å²) in [6.07, 6.45) is 9.14. The van der Waals surface area contributed by atoms with Gasteiger partial charge in [-0.25, -0.2) is 13.4 Å². The molecule has 0 bridgehead atoms. The highest BCUT2D eigenvalue weighted by Crippen LogP contribution is 2.51. The number of hydrogen-bond acceptors (Lipinski definition) is 11. The van der Waals surface area contributed by atoms with Gasteiger partial charge in [0.05, 0.1) is 38.3 Å². The monoisotopic (exact) mass is 670 g/mol. The Bertz CT molecular complexity index is 2080. The van der Waals surface area contributed by atoms with Gasteiger partial charge >= 0.3 is 0 Å². The Morgan fingerprint density at radius 3 is 2.70 bits per heavy atom. The van der Waals surface area contributed by atoms with E-state index in [-0.39, 0.29) is 23.6 Å². The van der Waals surface area contributed by atoms with Crippen molar-refractivity contribution >= 4 is 37.1 Å². The molecule has 47 heavy (non-hydrogen) atoms. The third-order valence-electron chi connectivity index (χ3n) is 9.95. The zero-order valence-corrected chi connectivity index (χ0v) is 28.5. The molecule has 2 atom stereocenters. The third-order valence-corrected chi connectivity index (χ3v) is 13.0. The van der Waals surface area contributed by atoms with Crippen LogP contribution in [0.4, 0.5) is 5.82 Å². The lowest BCUT2D eigenvalue weighted by Gasteiger charge is -2.23. The molecule has 0 aromatic carbocycles. The second kappa shape index (κ2) is 12.1. The van der Waals surface area contributed by atoms with Gasteiger partial charge in [-0.1, -0.05) is 19.9 Å². The SMILES string of the molecule is Cc1nnc(-c2c(CCC3CCOCC3)nc3c(c2-c2cc4ccnc(N[C@@H]5CCc6ncccc65)c4s2)S(=O)(=O)C[C@H]3C(C)C)o1. The number of rotatable bonds is 8. The highest BCUT2D eigenvalue weighted by atomic mass is 32.2. The molecule has 0 unspecified atom stereocenters. The van der Waals surface area contributed by atoms with Crippen LogP contribution in [0.5, 0.6) is 0 Å². The summed E-state index contributed by atoms with van der Waals surface area (Å²) in [4.78, 5) is 15.7. The number of hydrogen-bond donors (Lipinski definition) is 1. The molecule has 0 saturated carbocycles. The molecule has 1 N–H and O–H groups in total. The molecule has 5 aromatic heterocycles. The van der Waals surface area contributed by atoms with Crippen molar-refractivity contribution in [3.05, 3.63) is 65.2 Å². The van der Waals surface area contributed by atoms with E-state index in [2.05, 4.69) is 46.5 Å². The van der Waals surface area contributed by atoms with Crippen LogP contribution in [-0.2, 0) is 27.4 Å². The second-order valence-electron chi connectivity index (χ2n) is 13.3. The molecule has 5 aromatic rings. The Balaban J connectivity index is 1.31. The summed E-state index contributed by atoms with van der Waals surface area (Å²) in [5.74, 6) is 1.98. The van der Waals surface area contributed by atoms with Gasteiger partial charge in [0, 0.05) is 54.6 Å². The van der Waals surface area contributed by atoms with Crippen LogP contribution in [0.3, 0.4) is 0 Å². The van der Waals surface area contributed by atoms with Crippen molar-refractivity contribution in [2.45, 2.75) is 76.2 Å². The lowest BCUT2D eigenvalue weighted by atomic mass is 9.89. The number of pyridine rings is 3. The van der Waals surface area contributed by atoms with E-state index in [1.54, 1.807) is 18.3 Å². The van der Waals surface area contributed by atoms with E-state index in [9.17, 15) is 8.42 Å². The summed E-state index contributed by atoms with van der Waals surface area (Å²) in [5.41, 5.74) is 5.07. The van der Waals surface area contributed by atoms with Crippen molar-refractivity contribution in [2.24, 2.45) is 11.8 Å². The lowest BCUT2D eigenvalue weighted by Crippen LogP contribution is -2.17. The minimum Gasteiger partial charge on any atom is -0.421 e. The van der Waals surface area contributed by atoms with E-state index in [1.165, 1.54) is 5.56 Å². The van der Waals surface area contributed by atoms with E-state index < -0.39 is 9.84 Å². The van der Waals surface area contributed by atoms with Crippen LogP contribution in [-0.4, -0.2) is 52.5 Å². The van der Waals surface area contributed by atoms with Gasteiger partial charge in [-0.15, -0.1) is 21.5 Å². The number of nitrogens with one attached hydrogen (secondary N) is 1. The summed E-state index contributed by atoms with van der Waals surface area (Å²) in [6, 6.07) is 8.28. The molecule has 244 valence electrons. The fourth-order valence-corrected chi connectivity index (χ4v) is 10.9. The van der Waals surface area contributed by atoms with Gasteiger partial charge in [0.25, 0.3) is 0 Å². The Kier molecular flexibility index (Phi) is 7.84. The molecule has 7 heterocycles. The standard InChI is InChI=1S/C35H38N6O4S2/c1-19(2)24-18-47(42,43)33-30(29(35-41-40-20(3)45-35)27(38-31(24)33)7-6-21-11-15-44-16-12-21)28-17-22-10-14-37-34(32(22)46-28)39-26-9-8-25-23(26)5-4-13-36-25/h4-5,10,13-14,17,19,21,24,26H,6-9,11-12,15-16,18H2,1-3H3,(H,37,39)/t24-,26+/m0/s1. The summed E-state index contributed by atoms with van der Waals surface area (Å²) >= 11 is 1.55. The Morgan fingerprint density at radius 2 is 1.91 bits per heavy atom. The molecule has 1 aliphatic carbocycles. The smallest absolute Gasteiger partial charge is 0.250 e. The number of thiophene rings is 1. The van der Waals surface area contributed by atoms with Gasteiger partial charge < -0.3 is 14.5 Å². The molecule has 8 rings (SSSR count). The normalized spacial score (nSPS) is 20.6. The molecular weight excluding hydrogens is 633 g/mol. The van der Waals surface area contributed by atoms with E-state index in [1.807, 2.05) is 24.5 Å². The number of aromatic nitrogens is 5. The molecule has 10 nitrogen and oxygen atoms in total. The van der Waals surface area contributed by atoms with Crippen LogP contribution in [0.15, 0.2) is 46.0 Å². The molecule has 2 aliphatic heterocycles. The topological polar surface area (TPSA) is 133 Å². The molecule has 1 saturated heterocycles. The summed E-state index contributed by atoms with van der Waals surface area (Å²) in [6.45, 7) is 7.45. The largest absolute Gasteiger partial charge is 0.421 e. The lowest BCUT2D eigenvalue weighted by molar-refractivity contribution is 0.0639. The number of fused-ring (bicyclic) bond motifs is 3. The van der Waals surface area contributed by atoms with Crippen LogP contribution < -0.4 is 5.32 Å². The van der Waals surface area contributed by atoms with Crippen LogP contribution in [0.1, 0.15) is 80.0 Å². The number of sulfone groups is 1. The molecule has 0 spiro atoms. The van der Waals surface area contributed by atoms with E-state index in [4.69, 9.17) is 19.1 Å². The zero-order chi connectivity index (χ0) is 32.3. The van der Waals surface area contributed by atoms with E-state index >= 15 is 0 Å². The van der Waals surface area contributed by atoms with E-state index in [0.29, 0.717) is 45.8 Å². The minimum atomic E-state index is -3.65. The van der Waals surface area contributed by atoms with Crippen LogP contribution in [0.25, 0.3) is 32.0 Å². The van der Waals surface area contributed by atoms with Crippen LogP contribution in [0, 0.1) is 18.8 Å². The Morgan fingerprint density at radius 1 is 1.06 bits per heavy atom. The number of aryl methyl sites for hydroxylation is 3. The summed E-state index contributed by atoms with van der Waals surface area (Å²) in [5, 5.41) is 13.3. The van der Waals surface area contributed by atoms with Gasteiger partial charge in [-0.3, -0.25) is 9.97 Å². The van der Waals surface area contributed by atoms with Crippen LogP contribution >= 0.6 is 11.3 Å². The van der Waals surface area contributed by atoms with Gasteiger partial charge in [0.2, 0.25) is 11.8 Å². The van der Waals surface area contributed by atoms with Crippen LogP contribution in [0.2, 0.25) is 0 Å².